The molecular formula is C28H34NOY-. The predicted molar refractivity (Wildman–Crippen MR) is 129 cm³/mol. The minimum atomic E-state index is -0.117. The fourth-order valence-corrected chi connectivity index (χ4v) is 4.46. The van der Waals surface area contributed by atoms with E-state index < -0.39 is 0 Å². The molecule has 0 amide bonds. The predicted octanol–water partition coefficient (Wildman–Crippen LogP) is 7.39. The van der Waals surface area contributed by atoms with E-state index in [-0.39, 0.29) is 38.1 Å². The summed E-state index contributed by atoms with van der Waals surface area (Å²) in [5, 5.41) is 4.51. The quantitative estimate of drug-likeness (QED) is 0.353. The summed E-state index contributed by atoms with van der Waals surface area (Å²) in [4.78, 5) is 10.4. The monoisotopic (exact) mass is 489 g/mol. The molecular weight excluding hydrogens is 455 g/mol. The first-order valence-electron chi connectivity index (χ1n) is 11.1. The third-order valence-corrected chi connectivity index (χ3v) is 5.65. The van der Waals surface area contributed by atoms with E-state index in [4.69, 9.17) is 0 Å². The third kappa shape index (κ3) is 7.07. The van der Waals surface area contributed by atoms with Gasteiger partial charge in [-0.25, -0.2) is 0 Å². The van der Waals surface area contributed by atoms with Crippen molar-refractivity contribution < 1.29 is 37.5 Å². The van der Waals surface area contributed by atoms with Crippen molar-refractivity contribution in [1.82, 2.24) is 0 Å². The van der Waals surface area contributed by atoms with E-state index in [0.717, 1.165) is 38.6 Å². The molecule has 0 spiro atoms. The van der Waals surface area contributed by atoms with Crippen LogP contribution in [0.4, 0.5) is 0 Å². The van der Waals surface area contributed by atoms with Crippen molar-refractivity contribution in [2.45, 2.75) is 47.0 Å². The van der Waals surface area contributed by atoms with Crippen molar-refractivity contribution in [3.8, 4) is 0 Å². The molecule has 161 valence electrons. The van der Waals surface area contributed by atoms with Gasteiger partial charge in [0.1, 0.15) is 6.29 Å². The fourth-order valence-electron chi connectivity index (χ4n) is 4.46. The summed E-state index contributed by atoms with van der Waals surface area (Å²) in [6.07, 6.45) is 8.70. The topological polar surface area (TPSA) is 31.2 Å². The molecule has 1 saturated heterocycles. The van der Waals surface area contributed by atoms with Crippen LogP contribution in [0.5, 0.6) is 0 Å². The summed E-state index contributed by atoms with van der Waals surface area (Å²) >= 11 is 0. The minimum absolute atomic E-state index is 0. The van der Waals surface area contributed by atoms with Crippen LogP contribution in [0.1, 0.15) is 69.2 Å². The molecule has 0 aromatic heterocycles. The fraction of sp³-hybridized carbons (Fsp3) is 0.393. The summed E-state index contributed by atoms with van der Waals surface area (Å²) in [5.74, 6) is 0.616. The molecule has 1 heterocycles. The van der Waals surface area contributed by atoms with Crippen molar-refractivity contribution in [3.05, 3.63) is 81.7 Å². The van der Waals surface area contributed by atoms with Crippen LogP contribution in [-0.4, -0.2) is 19.4 Å². The second kappa shape index (κ2) is 12.0. The van der Waals surface area contributed by atoms with Gasteiger partial charge >= 0.3 is 0 Å². The Labute approximate surface area is 213 Å². The van der Waals surface area contributed by atoms with Crippen molar-refractivity contribution in [2.75, 3.05) is 13.1 Å². The second-order valence-corrected chi connectivity index (χ2v) is 9.36. The summed E-state index contributed by atoms with van der Waals surface area (Å²) in [6.45, 7) is 10.1. The Morgan fingerprint density at radius 3 is 1.81 bits per heavy atom. The van der Waals surface area contributed by atoms with Crippen molar-refractivity contribution in [2.24, 2.45) is 11.3 Å². The van der Waals surface area contributed by atoms with E-state index in [1.165, 1.54) is 27.8 Å². The number of hydrogen-bond donors (Lipinski definition) is 0. The van der Waals surface area contributed by atoms with E-state index in [1.54, 1.807) is 5.57 Å². The van der Waals surface area contributed by atoms with Gasteiger partial charge in [-0.1, -0.05) is 107 Å². The number of carbonyl (C=O) groups excluding carboxylic acids is 1. The van der Waals surface area contributed by atoms with E-state index in [1.807, 2.05) is 13.8 Å². The summed E-state index contributed by atoms with van der Waals surface area (Å²) in [6, 6.07) is 17.5. The Hall–Kier alpha value is -1.35. The van der Waals surface area contributed by atoms with Gasteiger partial charge in [-0.15, -0.1) is 13.1 Å². The van der Waals surface area contributed by atoms with Crippen LogP contribution in [0, 0.1) is 11.3 Å². The van der Waals surface area contributed by atoms with Crippen LogP contribution in [0.2, 0.25) is 0 Å². The molecule has 0 atom stereocenters. The van der Waals surface area contributed by atoms with Crippen LogP contribution in [0.3, 0.4) is 0 Å². The molecule has 0 bridgehead atoms. The number of benzene rings is 2. The Bertz CT molecular complexity index is 880. The zero-order chi connectivity index (χ0) is 21.6. The van der Waals surface area contributed by atoms with E-state index in [0.29, 0.717) is 5.92 Å². The normalized spacial score (nSPS) is 15.1. The minimum Gasteiger partial charge on any atom is -0.662 e. The van der Waals surface area contributed by atoms with Crippen LogP contribution < -0.4 is 0 Å². The Morgan fingerprint density at radius 2 is 1.39 bits per heavy atom. The first kappa shape index (κ1) is 25.9. The maximum Gasteiger partial charge on any atom is 0.125 e. The standard InChI is InChI=1S/C20H18N.C8H16O.Y/c1-3-7-18-15(5-1)9-10-16-6-2-4-8-19(16)20(18)17-11-13-21-14-12-17;1-7(2)5-8(3,4)6-9;/h1-10H,11-14H2;6-7H,5H2,1-4H3;/q-1;;. The second-order valence-electron chi connectivity index (χ2n) is 9.36. The Morgan fingerprint density at radius 1 is 0.903 bits per heavy atom. The molecule has 0 unspecified atom stereocenters. The van der Waals surface area contributed by atoms with Crippen molar-refractivity contribution in [1.29, 1.82) is 0 Å². The molecule has 2 nitrogen and oxygen atoms in total. The number of carbonyl (C=O) groups is 1. The van der Waals surface area contributed by atoms with Crippen molar-refractivity contribution in [3.63, 3.8) is 0 Å². The average Bonchev–Trinajstić information content (AvgIpc) is 2.91. The van der Waals surface area contributed by atoms with Gasteiger partial charge in [0, 0.05) is 38.1 Å². The van der Waals surface area contributed by atoms with Gasteiger partial charge in [0.2, 0.25) is 0 Å². The summed E-state index contributed by atoms with van der Waals surface area (Å²) in [5.41, 5.74) is 8.27. The molecule has 4 rings (SSSR count). The van der Waals surface area contributed by atoms with Gasteiger partial charge in [-0.2, -0.15) is 0 Å². The maximum absolute atomic E-state index is 10.4. The van der Waals surface area contributed by atoms with Gasteiger partial charge in [0.15, 0.2) is 0 Å². The van der Waals surface area contributed by atoms with Crippen LogP contribution in [0.15, 0.2) is 54.1 Å². The number of piperidine rings is 1. The largest absolute Gasteiger partial charge is 0.662 e. The van der Waals surface area contributed by atoms with Crippen molar-refractivity contribution >= 4 is 24.0 Å². The van der Waals surface area contributed by atoms with Crippen LogP contribution >= 0.6 is 0 Å². The van der Waals surface area contributed by atoms with E-state index >= 15 is 0 Å². The summed E-state index contributed by atoms with van der Waals surface area (Å²) in [7, 11) is 0. The molecule has 2 aromatic rings. The number of hydrogen-bond acceptors (Lipinski definition) is 1. The first-order chi connectivity index (χ1) is 14.4. The van der Waals surface area contributed by atoms with Crippen LogP contribution in [0.25, 0.3) is 23.0 Å². The first-order valence-corrected chi connectivity index (χ1v) is 11.1. The molecule has 31 heavy (non-hydrogen) atoms. The molecule has 1 aliphatic heterocycles. The van der Waals surface area contributed by atoms with Gasteiger partial charge in [0.25, 0.3) is 0 Å². The number of fused-ring (bicyclic) bond motifs is 2. The molecule has 1 radical (unpaired) electrons. The Balaban J connectivity index is 0.000000295. The number of aldehydes is 1. The SMILES string of the molecule is C1=Cc2ccccc2C(=C2CC[N-]CC2)c2ccccc21.CC(C)CC(C)(C)C=O.[Y]. The molecule has 3 heteroatoms. The average molecular weight is 489 g/mol. The maximum atomic E-state index is 10.4. The van der Waals surface area contributed by atoms with Gasteiger partial charge < -0.3 is 10.1 Å². The zero-order valence-corrected chi connectivity index (χ0v) is 22.2. The molecule has 2 aliphatic rings. The van der Waals surface area contributed by atoms with Gasteiger partial charge in [0.05, 0.1) is 0 Å². The Kier molecular flexibility index (Phi) is 10.1. The molecule has 1 fully saturated rings. The smallest absolute Gasteiger partial charge is 0.125 e. The molecule has 1 aliphatic carbocycles. The summed E-state index contributed by atoms with van der Waals surface area (Å²) < 4.78 is 0. The van der Waals surface area contributed by atoms with Gasteiger partial charge in [-0.05, 0) is 40.2 Å². The zero-order valence-electron chi connectivity index (χ0n) is 19.4. The van der Waals surface area contributed by atoms with E-state index in [9.17, 15) is 4.79 Å². The third-order valence-electron chi connectivity index (χ3n) is 5.65. The molecule has 0 N–H and O–H groups in total. The van der Waals surface area contributed by atoms with Gasteiger partial charge in [-0.3, -0.25) is 0 Å². The molecule has 0 saturated carbocycles. The molecule has 2 aromatic carbocycles. The number of rotatable bonds is 3. The van der Waals surface area contributed by atoms with E-state index in [2.05, 4.69) is 79.8 Å². The number of nitrogens with zero attached hydrogens (tertiary/aromatic N) is 1. The van der Waals surface area contributed by atoms with Crippen LogP contribution in [-0.2, 0) is 37.5 Å².